The first-order valence-corrected chi connectivity index (χ1v) is 5.49. The maximum atomic E-state index is 11.9. The van der Waals surface area contributed by atoms with Crippen LogP contribution in [-0.2, 0) is 4.79 Å². The van der Waals surface area contributed by atoms with Gasteiger partial charge in [0, 0.05) is 12.2 Å². The fourth-order valence-electron chi connectivity index (χ4n) is 1.84. The molecule has 1 saturated carbocycles. The Hall–Kier alpha value is -1.85. The van der Waals surface area contributed by atoms with Crippen molar-refractivity contribution in [2.24, 2.45) is 5.41 Å². The Morgan fingerprint density at radius 2 is 2.12 bits per heavy atom. The summed E-state index contributed by atoms with van der Waals surface area (Å²) in [5.74, 6) is -1.10. The van der Waals surface area contributed by atoms with Gasteiger partial charge in [0.25, 0.3) is 5.91 Å². The van der Waals surface area contributed by atoms with Crippen LogP contribution in [0, 0.1) is 19.3 Å². The lowest BCUT2D eigenvalue weighted by atomic mass is 10.1. The molecule has 0 bridgehead atoms. The number of carbonyl (C=O) groups is 2. The average molecular weight is 237 g/mol. The second-order valence-electron chi connectivity index (χ2n) is 4.58. The second kappa shape index (κ2) is 3.87. The third-order valence-corrected chi connectivity index (χ3v) is 3.25. The molecule has 0 aliphatic heterocycles. The number of carboxylic acids is 1. The highest BCUT2D eigenvalue weighted by Crippen LogP contribution is 2.45. The molecule has 6 nitrogen and oxygen atoms in total. The summed E-state index contributed by atoms with van der Waals surface area (Å²) >= 11 is 0. The molecule has 0 saturated heterocycles. The highest BCUT2D eigenvalue weighted by Gasteiger charge is 2.50. The maximum Gasteiger partial charge on any atom is 0.311 e. The Kier molecular flexibility index (Phi) is 2.65. The Morgan fingerprint density at radius 3 is 2.53 bits per heavy atom. The molecule has 0 radical (unpaired) electrons. The number of aliphatic carboxylic acids is 1. The van der Waals surface area contributed by atoms with Crippen LogP contribution in [0.4, 0.5) is 0 Å². The molecule has 1 aromatic rings. The number of nitrogens with zero attached hydrogens (tertiary/aromatic N) is 1. The normalized spacial score (nSPS) is 16.6. The van der Waals surface area contributed by atoms with Crippen molar-refractivity contribution < 1.29 is 14.7 Å². The molecule has 6 heteroatoms. The van der Waals surface area contributed by atoms with Gasteiger partial charge in [0.1, 0.15) is 0 Å². The van der Waals surface area contributed by atoms with E-state index in [9.17, 15) is 9.59 Å². The summed E-state index contributed by atoms with van der Waals surface area (Å²) in [5.41, 5.74) is 1.09. The minimum absolute atomic E-state index is 0.186. The first-order chi connectivity index (χ1) is 7.96. The molecule has 3 N–H and O–H groups in total. The van der Waals surface area contributed by atoms with Gasteiger partial charge in [0.2, 0.25) is 0 Å². The van der Waals surface area contributed by atoms with Gasteiger partial charge in [-0.25, -0.2) is 0 Å². The number of aromatic nitrogens is 2. The lowest BCUT2D eigenvalue weighted by Gasteiger charge is -2.11. The number of nitrogens with one attached hydrogen (secondary N) is 2. The number of carbonyl (C=O) groups excluding carboxylic acids is 1. The molecule has 1 fully saturated rings. The molecule has 1 heterocycles. The third kappa shape index (κ3) is 2.02. The van der Waals surface area contributed by atoms with Crippen molar-refractivity contribution in [1.82, 2.24) is 15.5 Å². The van der Waals surface area contributed by atoms with Gasteiger partial charge in [0.15, 0.2) is 0 Å². The number of amides is 1. The summed E-state index contributed by atoms with van der Waals surface area (Å²) in [6, 6.07) is 0. The van der Waals surface area contributed by atoms with Crippen molar-refractivity contribution in [3.8, 4) is 0 Å². The van der Waals surface area contributed by atoms with E-state index in [-0.39, 0.29) is 12.5 Å². The van der Waals surface area contributed by atoms with E-state index in [4.69, 9.17) is 5.11 Å². The summed E-state index contributed by atoms with van der Waals surface area (Å²) in [5, 5.41) is 18.3. The van der Waals surface area contributed by atoms with Crippen LogP contribution in [-0.4, -0.2) is 33.7 Å². The van der Waals surface area contributed by atoms with E-state index in [0.717, 1.165) is 0 Å². The maximum absolute atomic E-state index is 11.9. The summed E-state index contributed by atoms with van der Waals surface area (Å²) < 4.78 is 0. The fraction of sp³-hybridized carbons (Fsp3) is 0.545. The summed E-state index contributed by atoms with van der Waals surface area (Å²) in [7, 11) is 0. The van der Waals surface area contributed by atoms with Gasteiger partial charge in [-0.1, -0.05) is 0 Å². The van der Waals surface area contributed by atoms with Gasteiger partial charge in [-0.2, -0.15) is 5.10 Å². The highest BCUT2D eigenvalue weighted by atomic mass is 16.4. The van der Waals surface area contributed by atoms with E-state index in [1.807, 2.05) is 0 Å². The number of aryl methyl sites for hydroxylation is 2. The first kappa shape index (κ1) is 11.6. The molecule has 17 heavy (non-hydrogen) atoms. The summed E-state index contributed by atoms with van der Waals surface area (Å²) in [6.45, 7) is 3.69. The van der Waals surface area contributed by atoms with E-state index in [2.05, 4.69) is 15.5 Å². The smallest absolute Gasteiger partial charge is 0.311 e. The number of hydrogen-bond donors (Lipinski definition) is 3. The molecule has 0 aromatic carbocycles. The van der Waals surface area contributed by atoms with Crippen molar-refractivity contribution in [2.45, 2.75) is 26.7 Å². The Morgan fingerprint density at radius 1 is 1.47 bits per heavy atom. The molecule has 0 spiro atoms. The highest BCUT2D eigenvalue weighted by molar-refractivity contribution is 5.96. The summed E-state index contributed by atoms with van der Waals surface area (Å²) in [6.07, 6.45) is 1.26. The van der Waals surface area contributed by atoms with E-state index in [0.29, 0.717) is 29.8 Å². The largest absolute Gasteiger partial charge is 0.481 e. The number of hydrogen-bond acceptors (Lipinski definition) is 3. The van der Waals surface area contributed by atoms with Crippen LogP contribution in [0.5, 0.6) is 0 Å². The van der Waals surface area contributed by atoms with Crippen molar-refractivity contribution >= 4 is 11.9 Å². The van der Waals surface area contributed by atoms with Crippen molar-refractivity contribution in [3.05, 3.63) is 17.0 Å². The lowest BCUT2D eigenvalue weighted by Crippen LogP contribution is -2.34. The van der Waals surface area contributed by atoms with Gasteiger partial charge in [-0.3, -0.25) is 14.7 Å². The van der Waals surface area contributed by atoms with E-state index < -0.39 is 11.4 Å². The van der Waals surface area contributed by atoms with E-state index in [1.165, 1.54) is 0 Å². The fourth-order valence-corrected chi connectivity index (χ4v) is 1.84. The van der Waals surface area contributed by atoms with Crippen LogP contribution < -0.4 is 5.32 Å². The molecule has 92 valence electrons. The topological polar surface area (TPSA) is 95.1 Å². The SMILES string of the molecule is Cc1n[nH]c(C)c1C(=O)NCC1(C(=O)O)CC1. The van der Waals surface area contributed by atoms with Crippen LogP contribution >= 0.6 is 0 Å². The average Bonchev–Trinajstić information content (AvgIpc) is 2.98. The molecule has 0 atom stereocenters. The quantitative estimate of drug-likeness (QED) is 0.715. The molecule has 1 aliphatic rings. The monoisotopic (exact) mass is 237 g/mol. The number of rotatable bonds is 4. The van der Waals surface area contributed by atoms with Crippen LogP contribution in [0.2, 0.25) is 0 Å². The van der Waals surface area contributed by atoms with E-state index >= 15 is 0 Å². The number of aromatic amines is 1. The van der Waals surface area contributed by atoms with Crippen molar-refractivity contribution in [1.29, 1.82) is 0 Å². The standard InChI is InChI=1S/C11H15N3O3/c1-6-8(7(2)14-13-6)9(15)12-5-11(3-4-11)10(16)17/h3-5H2,1-2H3,(H,12,15)(H,13,14)(H,16,17). The minimum Gasteiger partial charge on any atom is -0.481 e. The zero-order chi connectivity index (χ0) is 12.6. The predicted octanol–water partition coefficient (Wildman–Crippen LogP) is 0.621. The Bertz CT molecular complexity index is 455. The molecule has 0 unspecified atom stereocenters. The molecule has 1 aromatic heterocycles. The molecule has 1 aliphatic carbocycles. The zero-order valence-corrected chi connectivity index (χ0v) is 9.83. The molecule has 2 rings (SSSR count). The van der Waals surface area contributed by atoms with Gasteiger partial charge in [-0.15, -0.1) is 0 Å². The second-order valence-corrected chi connectivity index (χ2v) is 4.58. The van der Waals surface area contributed by atoms with Gasteiger partial charge < -0.3 is 10.4 Å². The van der Waals surface area contributed by atoms with Crippen molar-refractivity contribution in [3.63, 3.8) is 0 Å². The Balaban J connectivity index is 2.01. The lowest BCUT2D eigenvalue weighted by molar-refractivity contribution is -0.143. The van der Waals surface area contributed by atoms with Crippen LogP contribution in [0.3, 0.4) is 0 Å². The van der Waals surface area contributed by atoms with Crippen LogP contribution in [0.25, 0.3) is 0 Å². The van der Waals surface area contributed by atoms with Crippen LogP contribution in [0.1, 0.15) is 34.6 Å². The van der Waals surface area contributed by atoms with Gasteiger partial charge in [-0.05, 0) is 26.7 Å². The molecular weight excluding hydrogens is 222 g/mol. The number of carboxylic acid groups (broad SMARTS) is 1. The molecule has 1 amide bonds. The molecular formula is C11H15N3O3. The van der Waals surface area contributed by atoms with Gasteiger partial charge in [0.05, 0.1) is 16.7 Å². The number of H-pyrrole nitrogens is 1. The van der Waals surface area contributed by atoms with Crippen molar-refractivity contribution in [2.75, 3.05) is 6.54 Å². The predicted molar refractivity (Wildman–Crippen MR) is 59.7 cm³/mol. The first-order valence-electron chi connectivity index (χ1n) is 5.49. The third-order valence-electron chi connectivity index (χ3n) is 3.25. The van der Waals surface area contributed by atoms with E-state index in [1.54, 1.807) is 13.8 Å². The summed E-state index contributed by atoms with van der Waals surface area (Å²) in [4.78, 5) is 22.8. The Labute approximate surface area is 98.4 Å². The zero-order valence-electron chi connectivity index (χ0n) is 9.83. The minimum atomic E-state index is -0.835. The van der Waals surface area contributed by atoms with Gasteiger partial charge >= 0.3 is 5.97 Å². The van der Waals surface area contributed by atoms with Crippen LogP contribution in [0.15, 0.2) is 0 Å².